The van der Waals surface area contributed by atoms with Gasteiger partial charge >= 0.3 is 0 Å². The number of amides is 1. The highest BCUT2D eigenvalue weighted by atomic mass is 16.5. The largest absolute Gasteiger partial charge is 0.385 e. The van der Waals surface area contributed by atoms with Crippen molar-refractivity contribution >= 4 is 11.6 Å². The Morgan fingerprint density at radius 3 is 2.90 bits per heavy atom. The molecule has 1 atom stereocenters. The highest BCUT2D eigenvalue weighted by Crippen LogP contribution is 2.16. The monoisotopic (exact) mass is 291 g/mol. The number of likely N-dealkylation sites (tertiary alicyclic amines) is 1. The molecule has 1 unspecified atom stereocenters. The van der Waals surface area contributed by atoms with Crippen molar-refractivity contribution in [2.75, 3.05) is 32.1 Å². The minimum atomic E-state index is -0.535. The van der Waals surface area contributed by atoms with E-state index in [2.05, 4.69) is 16.3 Å². The van der Waals surface area contributed by atoms with Crippen LogP contribution in [-0.4, -0.2) is 43.7 Å². The van der Waals surface area contributed by atoms with Crippen molar-refractivity contribution in [1.29, 1.82) is 0 Å². The van der Waals surface area contributed by atoms with Crippen LogP contribution in [0.1, 0.15) is 24.8 Å². The van der Waals surface area contributed by atoms with Gasteiger partial charge in [-0.15, -0.1) is 0 Å². The molecule has 0 saturated carbocycles. The molecule has 1 aliphatic heterocycles. The second-order valence-corrected chi connectivity index (χ2v) is 5.56. The lowest BCUT2D eigenvalue weighted by Gasteiger charge is -2.16. The molecule has 21 heavy (non-hydrogen) atoms. The maximum atomic E-state index is 12.0. The van der Waals surface area contributed by atoms with Crippen molar-refractivity contribution in [3.8, 4) is 0 Å². The van der Waals surface area contributed by atoms with Gasteiger partial charge in [0.25, 0.3) is 0 Å². The Balaban J connectivity index is 1.89. The summed E-state index contributed by atoms with van der Waals surface area (Å²) in [7, 11) is 1.60. The summed E-state index contributed by atoms with van der Waals surface area (Å²) in [6.45, 7) is 3.76. The molecule has 3 N–H and O–H groups in total. The summed E-state index contributed by atoms with van der Waals surface area (Å²) >= 11 is 0. The zero-order chi connectivity index (χ0) is 15.1. The topological polar surface area (TPSA) is 67.6 Å². The summed E-state index contributed by atoms with van der Waals surface area (Å²) in [5.74, 6) is -0.162. The molecule has 1 aliphatic rings. The standard InChI is InChI=1S/C16H25N3O2/c1-21-10-7-15(17)16(20)18-14-6-4-5-13(11-14)12-19-8-2-3-9-19/h4-6,11,15H,2-3,7-10,12,17H2,1H3,(H,18,20). The Hall–Kier alpha value is -1.43. The van der Waals surface area contributed by atoms with E-state index in [0.29, 0.717) is 13.0 Å². The Kier molecular flexibility index (Phi) is 6.17. The molecule has 2 rings (SSSR count). The van der Waals surface area contributed by atoms with Crippen molar-refractivity contribution in [2.24, 2.45) is 5.73 Å². The van der Waals surface area contributed by atoms with E-state index in [1.54, 1.807) is 7.11 Å². The van der Waals surface area contributed by atoms with Crippen molar-refractivity contribution < 1.29 is 9.53 Å². The van der Waals surface area contributed by atoms with E-state index in [-0.39, 0.29) is 5.91 Å². The number of rotatable bonds is 7. The Bertz CT molecular complexity index is 459. The maximum absolute atomic E-state index is 12.0. The van der Waals surface area contributed by atoms with Gasteiger partial charge in [0.1, 0.15) is 0 Å². The van der Waals surface area contributed by atoms with Crippen LogP contribution < -0.4 is 11.1 Å². The quantitative estimate of drug-likeness (QED) is 0.800. The van der Waals surface area contributed by atoms with Crippen molar-refractivity contribution in [3.63, 3.8) is 0 Å². The SMILES string of the molecule is COCCC(N)C(=O)Nc1cccc(CN2CCCC2)c1. The molecule has 0 bridgehead atoms. The minimum Gasteiger partial charge on any atom is -0.385 e. The summed E-state index contributed by atoms with van der Waals surface area (Å²) in [6.07, 6.45) is 3.09. The number of carbonyl (C=O) groups excluding carboxylic acids is 1. The van der Waals surface area contributed by atoms with Crippen LogP contribution in [0.15, 0.2) is 24.3 Å². The van der Waals surface area contributed by atoms with Gasteiger partial charge in [0.05, 0.1) is 6.04 Å². The summed E-state index contributed by atoms with van der Waals surface area (Å²) < 4.78 is 4.94. The third kappa shape index (κ3) is 5.12. The first-order valence-electron chi connectivity index (χ1n) is 7.55. The fourth-order valence-electron chi connectivity index (χ4n) is 2.56. The lowest BCUT2D eigenvalue weighted by molar-refractivity contribution is -0.117. The normalized spacial score (nSPS) is 16.9. The molecule has 1 aromatic rings. The number of hydrogen-bond acceptors (Lipinski definition) is 4. The number of benzene rings is 1. The molecular formula is C16H25N3O2. The number of nitrogens with two attached hydrogens (primary N) is 1. The Labute approximate surface area is 126 Å². The van der Waals surface area contributed by atoms with Gasteiger partial charge in [-0.2, -0.15) is 0 Å². The molecule has 0 spiro atoms. The van der Waals surface area contributed by atoms with Gasteiger partial charge < -0.3 is 15.8 Å². The number of nitrogens with zero attached hydrogens (tertiary/aromatic N) is 1. The van der Waals surface area contributed by atoms with E-state index < -0.39 is 6.04 Å². The molecule has 1 heterocycles. The predicted molar refractivity (Wildman–Crippen MR) is 84.1 cm³/mol. The van der Waals surface area contributed by atoms with Crippen LogP contribution >= 0.6 is 0 Å². The molecule has 5 nitrogen and oxygen atoms in total. The molecule has 0 radical (unpaired) electrons. The third-order valence-corrected chi connectivity index (χ3v) is 3.77. The summed E-state index contributed by atoms with van der Waals surface area (Å²) in [5, 5.41) is 2.88. The van der Waals surface area contributed by atoms with E-state index in [4.69, 9.17) is 10.5 Å². The van der Waals surface area contributed by atoms with Crippen LogP contribution in [0.2, 0.25) is 0 Å². The number of methoxy groups -OCH3 is 1. The molecule has 0 aromatic heterocycles. The number of carbonyl (C=O) groups is 1. The molecule has 1 aromatic carbocycles. The average Bonchev–Trinajstić information content (AvgIpc) is 2.98. The average molecular weight is 291 g/mol. The van der Waals surface area contributed by atoms with E-state index in [0.717, 1.165) is 12.2 Å². The predicted octanol–water partition coefficient (Wildman–Crippen LogP) is 1.58. The lowest BCUT2D eigenvalue weighted by Crippen LogP contribution is -2.36. The second kappa shape index (κ2) is 8.12. The van der Waals surface area contributed by atoms with Crippen LogP contribution in [0.5, 0.6) is 0 Å². The van der Waals surface area contributed by atoms with Gasteiger partial charge in [0.2, 0.25) is 5.91 Å². The number of nitrogens with one attached hydrogen (secondary N) is 1. The van der Waals surface area contributed by atoms with Gasteiger partial charge in [-0.1, -0.05) is 12.1 Å². The fraction of sp³-hybridized carbons (Fsp3) is 0.562. The second-order valence-electron chi connectivity index (χ2n) is 5.56. The molecule has 5 heteroatoms. The van der Waals surface area contributed by atoms with Crippen LogP contribution in [0.25, 0.3) is 0 Å². The summed E-state index contributed by atoms with van der Waals surface area (Å²) in [5.41, 5.74) is 7.85. The first-order chi connectivity index (χ1) is 10.2. The summed E-state index contributed by atoms with van der Waals surface area (Å²) in [6, 6.07) is 7.46. The van der Waals surface area contributed by atoms with E-state index in [9.17, 15) is 4.79 Å². The first-order valence-corrected chi connectivity index (χ1v) is 7.55. The number of anilines is 1. The van der Waals surface area contributed by atoms with Crippen LogP contribution in [0, 0.1) is 0 Å². The van der Waals surface area contributed by atoms with E-state index in [1.807, 2.05) is 18.2 Å². The van der Waals surface area contributed by atoms with Crippen molar-refractivity contribution in [2.45, 2.75) is 31.8 Å². The van der Waals surface area contributed by atoms with Gasteiger partial charge in [-0.05, 0) is 50.0 Å². The molecule has 0 aliphatic carbocycles. The highest BCUT2D eigenvalue weighted by molar-refractivity contribution is 5.94. The van der Waals surface area contributed by atoms with Crippen molar-refractivity contribution in [3.05, 3.63) is 29.8 Å². The van der Waals surface area contributed by atoms with E-state index in [1.165, 1.54) is 31.5 Å². The zero-order valence-electron chi connectivity index (χ0n) is 12.7. The Morgan fingerprint density at radius 2 is 2.19 bits per heavy atom. The zero-order valence-corrected chi connectivity index (χ0v) is 12.7. The van der Waals surface area contributed by atoms with Crippen molar-refractivity contribution in [1.82, 2.24) is 4.90 Å². The first kappa shape index (κ1) is 15.9. The van der Waals surface area contributed by atoms with Gasteiger partial charge in [0, 0.05) is 25.9 Å². The maximum Gasteiger partial charge on any atom is 0.241 e. The highest BCUT2D eigenvalue weighted by Gasteiger charge is 2.14. The fourth-order valence-corrected chi connectivity index (χ4v) is 2.56. The molecule has 1 saturated heterocycles. The van der Waals surface area contributed by atoms with Crippen LogP contribution in [0.4, 0.5) is 5.69 Å². The molecule has 1 amide bonds. The van der Waals surface area contributed by atoms with Crippen LogP contribution in [0.3, 0.4) is 0 Å². The van der Waals surface area contributed by atoms with Gasteiger partial charge in [0.15, 0.2) is 0 Å². The third-order valence-electron chi connectivity index (χ3n) is 3.77. The Morgan fingerprint density at radius 1 is 1.43 bits per heavy atom. The molecule has 116 valence electrons. The molecule has 1 fully saturated rings. The smallest absolute Gasteiger partial charge is 0.241 e. The van der Waals surface area contributed by atoms with Crippen LogP contribution in [-0.2, 0) is 16.1 Å². The molecular weight excluding hydrogens is 266 g/mol. The van der Waals surface area contributed by atoms with Gasteiger partial charge in [-0.3, -0.25) is 9.69 Å². The van der Waals surface area contributed by atoms with E-state index >= 15 is 0 Å². The lowest BCUT2D eigenvalue weighted by atomic mass is 10.1. The summed E-state index contributed by atoms with van der Waals surface area (Å²) in [4.78, 5) is 14.4. The minimum absolute atomic E-state index is 0.162. The number of hydrogen-bond donors (Lipinski definition) is 2. The number of ether oxygens (including phenoxy) is 1. The van der Waals surface area contributed by atoms with Gasteiger partial charge in [-0.25, -0.2) is 0 Å².